The Kier molecular flexibility index (Phi) is 4.83. The van der Waals surface area contributed by atoms with E-state index in [0.717, 1.165) is 54.9 Å². The molecule has 0 atom stereocenters. The highest BCUT2D eigenvalue weighted by Gasteiger charge is 2.20. The summed E-state index contributed by atoms with van der Waals surface area (Å²) >= 11 is 1.66. The summed E-state index contributed by atoms with van der Waals surface area (Å²) in [7, 11) is 0. The van der Waals surface area contributed by atoms with Gasteiger partial charge < -0.3 is 9.32 Å². The first-order valence-electron chi connectivity index (χ1n) is 9.15. The zero-order chi connectivity index (χ0) is 18.1. The van der Waals surface area contributed by atoms with Gasteiger partial charge in [0.25, 0.3) is 0 Å². The first-order valence-corrected chi connectivity index (χ1v) is 10.0. The molecule has 5 heteroatoms. The number of aryl methyl sites for hydroxylation is 2. The highest BCUT2D eigenvalue weighted by atomic mass is 32.1. The van der Waals surface area contributed by atoms with Crippen molar-refractivity contribution >= 4 is 17.0 Å². The van der Waals surface area contributed by atoms with Gasteiger partial charge in [0.2, 0.25) is 0 Å². The number of furan rings is 1. The molecule has 26 heavy (non-hydrogen) atoms. The number of aromatic nitrogens is 1. The SMILES string of the molecule is Cc1ccc(-c2nc(CN3CCN(c4cccc(C)c4C)CC3)cs2)o1. The topological polar surface area (TPSA) is 32.5 Å². The van der Waals surface area contributed by atoms with E-state index in [1.165, 1.54) is 16.8 Å². The van der Waals surface area contributed by atoms with Crippen LogP contribution in [-0.2, 0) is 6.54 Å². The second kappa shape index (κ2) is 7.25. The quantitative estimate of drug-likeness (QED) is 0.672. The van der Waals surface area contributed by atoms with Crippen molar-refractivity contribution in [3.63, 3.8) is 0 Å². The second-order valence-corrected chi connectivity index (χ2v) is 7.89. The van der Waals surface area contributed by atoms with E-state index in [0.29, 0.717) is 0 Å². The summed E-state index contributed by atoms with van der Waals surface area (Å²) in [5.74, 6) is 1.80. The van der Waals surface area contributed by atoms with Gasteiger partial charge in [-0.15, -0.1) is 11.3 Å². The molecule has 0 radical (unpaired) electrons. The minimum atomic E-state index is 0.874. The van der Waals surface area contributed by atoms with Crippen LogP contribution < -0.4 is 4.90 Å². The molecule has 2 aromatic heterocycles. The van der Waals surface area contributed by atoms with Gasteiger partial charge in [-0.3, -0.25) is 4.90 Å². The molecular weight excluding hydrogens is 342 g/mol. The Hall–Kier alpha value is -2.11. The number of anilines is 1. The maximum absolute atomic E-state index is 5.68. The zero-order valence-electron chi connectivity index (χ0n) is 15.7. The summed E-state index contributed by atoms with van der Waals surface area (Å²) in [5.41, 5.74) is 5.29. The van der Waals surface area contributed by atoms with Crippen LogP contribution in [0.1, 0.15) is 22.6 Å². The minimum absolute atomic E-state index is 0.874. The van der Waals surface area contributed by atoms with Gasteiger partial charge in [0.15, 0.2) is 10.8 Å². The predicted octanol–water partition coefficient (Wildman–Crippen LogP) is 4.65. The van der Waals surface area contributed by atoms with Crippen LogP contribution in [0.3, 0.4) is 0 Å². The molecule has 4 rings (SSSR count). The van der Waals surface area contributed by atoms with Crippen LogP contribution in [-0.4, -0.2) is 36.1 Å². The average molecular weight is 368 g/mol. The van der Waals surface area contributed by atoms with Crippen molar-refractivity contribution in [2.45, 2.75) is 27.3 Å². The first kappa shape index (κ1) is 17.3. The molecule has 0 unspecified atom stereocenters. The van der Waals surface area contributed by atoms with Crippen molar-refractivity contribution in [1.29, 1.82) is 0 Å². The van der Waals surface area contributed by atoms with Crippen LogP contribution in [0.2, 0.25) is 0 Å². The van der Waals surface area contributed by atoms with E-state index in [9.17, 15) is 0 Å². The van der Waals surface area contributed by atoms with E-state index in [2.05, 4.69) is 47.2 Å². The fourth-order valence-electron chi connectivity index (χ4n) is 3.50. The lowest BCUT2D eigenvalue weighted by Gasteiger charge is -2.36. The number of benzene rings is 1. The van der Waals surface area contributed by atoms with Crippen LogP contribution >= 0.6 is 11.3 Å². The first-order chi connectivity index (χ1) is 12.6. The summed E-state index contributed by atoms with van der Waals surface area (Å²) in [6, 6.07) is 10.6. The Morgan fingerprint density at radius 2 is 1.85 bits per heavy atom. The van der Waals surface area contributed by atoms with Gasteiger partial charge in [-0.25, -0.2) is 4.98 Å². The smallest absolute Gasteiger partial charge is 0.162 e. The summed E-state index contributed by atoms with van der Waals surface area (Å²) < 4.78 is 5.68. The summed E-state index contributed by atoms with van der Waals surface area (Å²) in [4.78, 5) is 9.77. The third-order valence-electron chi connectivity index (χ3n) is 5.18. The number of hydrogen-bond donors (Lipinski definition) is 0. The summed E-state index contributed by atoms with van der Waals surface area (Å²) in [5, 5.41) is 3.13. The lowest BCUT2D eigenvalue weighted by Crippen LogP contribution is -2.46. The van der Waals surface area contributed by atoms with Gasteiger partial charge in [0.1, 0.15) is 5.76 Å². The number of piperazine rings is 1. The molecule has 1 saturated heterocycles. The molecular formula is C21H25N3OS. The molecule has 1 aliphatic heterocycles. The summed E-state index contributed by atoms with van der Waals surface area (Å²) in [6.07, 6.45) is 0. The fraction of sp³-hybridized carbons (Fsp3) is 0.381. The highest BCUT2D eigenvalue weighted by Crippen LogP contribution is 2.27. The van der Waals surface area contributed by atoms with E-state index in [4.69, 9.17) is 9.40 Å². The van der Waals surface area contributed by atoms with Crippen molar-refractivity contribution in [1.82, 2.24) is 9.88 Å². The number of nitrogens with zero attached hydrogens (tertiary/aromatic N) is 3. The second-order valence-electron chi connectivity index (χ2n) is 7.04. The van der Waals surface area contributed by atoms with Crippen LogP contribution in [0.15, 0.2) is 40.1 Å². The number of rotatable bonds is 4. The maximum atomic E-state index is 5.68. The average Bonchev–Trinajstić information content (AvgIpc) is 3.27. The number of hydrogen-bond acceptors (Lipinski definition) is 5. The van der Waals surface area contributed by atoms with E-state index in [1.807, 2.05) is 19.1 Å². The Labute approximate surface area is 159 Å². The predicted molar refractivity (Wildman–Crippen MR) is 108 cm³/mol. The van der Waals surface area contributed by atoms with Crippen molar-refractivity contribution in [2.24, 2.45) is 0 Å². The standard InChI is InChI=1S/C21H25N3OS/c1-15-5-4-6-19(17(15)3)24-11-9-23(10-12-24)13-18-14-26-21(22-18)20-8-7-16(2)25-20/h4-8,14H,9-13H2,1-3H3. The minimum Gasteiger partial charge on any atom is -0.459 e. The van der Waals surface area contributed by atoms with E-state index in [-0.39, 0.29) is 0 Å². The van der Waals surface area contributed by atoms with Gasteiger partial charge in [0.05, 0.1) is 5.69 Å². The Morgan fingerprint density at radius 1 is 1.04 bits per heavy atom. The van der Waals surface area contributed by atoms with Crippen LogP contribution in [0, 0.1) is 20.8 Å². The molecule has 0 bridgehead atoms. The van der Waals surface area contributed by atoms with Crippen molar-refractivity contribution in [3.8, 4) is 10.8 Å². The third kappa shape index (κ3) is 3.55. The molecule has 3 heterocycles. The van der Waals surface area contributed by atoms with Crippen molar-refractivity contribution in [2.75, 3.05) is 31.1 Å². The summed E-state index contributed by atoms with van der Waals surface area (Å²) in [6.45, 7) is 11.6. The van der Waals surface area contributed by atoms with Crippen LogP contribution in [0.5, 0.6) is 0 Å². The Bertz CT molecular complexity index is 890. The van der Waals surface area contributed by atoms with Gasteiger partial charge >= 0.3 is 0 Å². The van der Waals surface area contributed by atoms with Gasteiger partial charge in [-0.2, -0.15) is 0 Å². The Morgan fingerprint density at radius 3 is 2.58 bits per heavy atom. The molecule has 136 valence electrons. The van der Waals surface area contributed by atoms with E-state index in [1.54, 1.807) is 11.3 Å². The largest absolute Gasteiger partial charge is 0.459 e. The van der Waals surface area contributed by atoms with Crippen LogP contribution in [0.25, 0.3) is 10.8 Å². The molecule has 0 N–H and O–H groups in total. The molecule has 0 saturated carbocycles. The molecule has 0 amide bonds. The van der Waals surface area contributed by atoms with Crippen LogP contribution in [0.4, 0.5) is 5.69 Å². The van der Waals surface area contributed by atoms with Crippen molar-refractivity contribution in [3.05, 3.63) is 58.3 Å². The molecule has 1 fully saturated rings. The molecule has 3 aromatic rings. The Balaban J connectivity index is 1.37. The van der Waals surface area contributed by atoms with Crippen molar-refractivity contribution < 1.29 is 4.42 Å². The number of thiazole rings is 1. The lowest BCUT2D eigenvalue weighted by atomic mass is 10.1. The monoisotopic (exact) mass is 367 g/mol. The third-order valence-corrected chi connectivity index (χ3v) is 6.08. The highest BCUT2D eigenvalue weighted by molar-refractivity contribution is 7.13. The molecule has 1 aliphatic rings. The molecule has 4 nitrogen and oxygen atoms in total. The fourth-order valence-corrected chi connectivity index (χ4v) is 4.27. The molecule has 1 aromatic carbocycles. The lowest BCUT2D eigenvalue weighted by molar-refractivity contribution is 0.247. The van der Waals surface area contributed by atoms with Gasteiger partial charge in [-0.05, 0) is 50.1 Å². The van der Waals surface area contributed by atoms with Gasteiger partial charge in [0, 0.05) is 43.8 Å². The molecule has 0 aliphatic carbocycles. The maximum Gasteiger partial charge on any atom is 0.162 e. The van der Waals surface area contributed by atoms with E-state index >= 15 is 0 Å². The van der Waals surface area contributed by atoms with E-state index < -0.39 is 0 Å². The molecule has 0 spiro atoms. The normalized spacial score (nSPS) is 15.6. The van der Waals surface area contributed by atoms with Gasteiger partial charge in [-0.1, -0.05) is 12.1 Å². The zero-order valence-corrected chi connectivity index (χ0v) is 16.5.